The minimum atomic E-state index is -0.694. The van der Waals surface area contributed by atoms with Gasteiger partial charge >= 0.3 is 0 Å². The molecule has 0 aliphatic rings. The van der Waals surface area contributed by atoms with Gasteiger partial charge in [0.05, 0.1) is 6.04 Å². The molecular weight excluding hydrogens is 182 g/mol. The summed E-state index contributed by atoms with van der Waals surface area (Å²) in [6.45, 7) is 7.02. The van der Waals surface area contributed by atoms with Crippen LogP contribution in [0.2, 0.25) is 0 Å². The van der Waals surface area contributed by atoms with Gasteiger partial charge in [0.15, 0.2) is 0 Å². The molecule has 0 heterocycles. The summed E-state index contributed by atoms with van der Waals surface area (Å²) in [5.74, 6) is -0.921. The van der Waals surface area contributed by atoms with Crippen molar-refractivity contribution in [2.45, 2.75) is 39.8 Å². The third kappa shape index (κ3) is 3.74. The fourth-order valence-electron chi connectivity index (χ4n) is 0.988. The average Bonchev–Trinajstić information content (AvgIpc) is 1.96. The highest BCUT2D eigenvalue weighted by Crippen LogP contribution is 2.18. The van der Waals surface area contributed by atoms with Crippen molar-refractivity contribution in [1.29, 1.82) is 0 Å². The Morgan fingerprint density at radius 1 is 1.29 bits per heavy atom. The Hall–Kier alpha value is -1.10. The Morgan fingerprint density at radius 3 is 1.93 bits per heavy atom. The van der Waals surface area contributed by atoms with Crippen LogP contribution in [0.15, 0.2) is 0 Å². The van der Waals surface area contributed by atoms with Crippen LogP contribution in [0.5, 0.6) is 0 Å². The predicted molar refractivity (Wildman–Crippen MR) is 54.2 cm³/mol. The molecule has 14 heavy (non-hydrogen) atoms. The molecule has 5 nitrogen and oxygen atoms in total. The van der Waals surface area contributed by atoms with Crippen LogP contribution in [0.4, 0.5) is 0 Å². The summed E-state index contributed by atoms with van der Waals surface area (Å²) in [6.07, 6.45) is 0. The predicted octanol–water partition coefficient (Wildman–Crippen LogP) is -0.650. The first-order valence-electron chi connectivity index (χ1n) is 4.51. The number of nitrogens with one attached hydrogen (secondary N) is 1. The highest BCUT2D eigenvalue weighted by molar-refractivity contribution is 5.89. The molecule has 0 radical (unpaired) electrons. The molecule has 0 saturated carbocycles. The lowest BCUT2D eigenvalue weighted by atomic mass is 9.86. The number of primary amides is 1. The molecule has 2 atom stereocenters. The van der Waals surface area contributed by atoms with Crippen LogP contribution in [0.25, 0.3) is 0 Å². The third-order valence-corrected chi connectivity index (χ3v) is 1.85. The van der Waals surface area contributed by atoms with Crippen molar-refractivity contribution in [3.8, 4) is 0 Å². The summed E-state index contributed by atoms with van der Waals surface area (Å²) >= 11 is 0. The van der Waals surface area contributed by atoms with E-state index in [1.54, 1.807) is 6.92 Å². The minimum Gasteiger partial charge on any atom is -0.368 e. The lowest BCUT2D eigenvalue weighted by Crippen LogP contribution is -2.55. The van der Waals surface area contributed by atoms with Gasteiger partial charge in [-0.3, -0.25) is 9.59 Å². The van der Waals surface area contributed by atoms with E-state index in [0.717, 1.165) is 0 Å². The Balaban J connectivity index is 4.56. The van der Waals surface area contributed by atoms with Crippen LogP contribution < -0.4 is 16.8 Å². The Kier molecular flexibility index (Phi) is 4.07. The molecule has 82 valence electrons. The Morgan fingerprint density at radius 2 is 1.71 bits per heavy atom. The standard InChI is InChI=1S/C9H19N3O2/c1-5(10)8(14)12-6(7(11)13)9(2,3)4/h5-6H,10H2,1-4H3,(H2,11,13)(H,12,14)/t5-,6?/m0/s1. The zero-order valence-corrected chi connectivity index (χ0v) is 9.13. The smallest absolute Gasteiger partial charge is 0.240 e. The molecule has 0 aromatic rings. The number of carbonyl (C=O) groups excluding carboxylic acids is 2. The molecule has 0 saturated heterocycles. The molecular formula is C9H19N3O2. The molecule has 0 aromatic carbocycles. The second-order valence-electron chi connectivity index (χ2n) is 4.50. The molecule has 2 amide bonds. The molecule has 5 heteroatoms. The number of rotatable bonds is 3. The van der Waals surface area contributed by atoms with Gasteiger partial charge in [-0.2, -0.15) is 0 Å². The Bertz CT molecular complexity index is 231. The number of hydrogen-bond donors (Lipinski definition) is 3. The van der Waals surface area contributed by atoms with Gasteiger partial charge in [0.2, 0.25) is 11.8 Å². The Labute approximate surface area is 84.2 Å². The van der Waals surface area contributed by atoms with E-state index in [2.05, 4.69) is 5.32 Å². The van der Waals surface area contributed by atoms with E-state index >= 15 is 0 Å². The van der Waals surface area contributed by atoms with E-state index in [0.29, 0.717) is 0 Å². The maximum absolute atomic E-state index is 11.3. The fraction of sp³-hybridized carbons (Fsp3) is 0.778. The van der Waals surface area contributed by atoms with Gasteiger partial charge in [-0.05, 0) is 12.3 Å². The quantitative estimate of drug-likeness (QED) is 0.566. The first-order valence-corrected chi connectivity index (χ1v) is 4.51. The van der Waals surface area contributed by atoms with Crippen molar-refractivity contribution >= 4 is 11.8 Å². The van der Waals surface area contributed by atoms with Crippen LogP contribution in [0.1, 0.15) is 27.7 Å². The van der Waals surface area contributed by atoms with Gasteiger partial charge in [-0.1, -0.05) is 20.8 Å². The first kappa shape index (κ1) is 12.9. The highest BCUT2D eigenvalue weighted by Gasteiger charge is 2.31. The van der Waals surface area contributed by atoms with E-state index in [9.17, 15) is 9.59 Å². The van der Waals surface area contributed by atoms with Gasteiger partial charge in [-0.15, -0.1) is 0 Å². The number of carbonyl (C=O) groups is 2. The summed E-state index contributed by atoms with van der Waals surface area (Å²) < 4.78 is 0. The van der Waals surface area contributed by atoms with Gasteiger partial charge in [0, 0.05) is 0 Å². The summed E-state index contributed by atoms with van der Waals surface area (Å²) in [6, 6.07) is -1.33. The first-order chi connectivity index (χ1) is 6.16. The van der Waals surface area contributed by atoms with Crippen molar-refractivity contribution < 1.29 is 9.59 Å². The lowest BCUT2D eigenvalue weighted by Gasteiger charge is -2.29. The molecule has 0 aromatic heterocycles. The zero-order valence-electron chi connectivity index (χ0n) is 9.13. The SMILES string of the molecule is C[C@H](N)C(=O)NC(C(N)=O)C(C)(C)C. The van der Waals surface area contributed by atoms with Crippen LogP contribution >= 0.6 is 0 Å². The van der Waals surface area contributed by atoms with Crippen LogP contribution in [0, 0.1) is 5.41 Å². The summed E-state index contributed by atoms with van der Waals surface area (Å²) in [7, 11) is 0. The lowest BCUT2D eigenvalue weighted by molar-refractivity contribution is -0.130. The molecule has 0 fully saturated rings. The van der Waals surface area contributed by atoms with Crippen LogP contribution in [-0.2, 0) is 9.59 Å². The van der Waals surface area contributed by atoms with Crippen molar-refractivity contribution in [2.24, 2.45) is 16.9 Å². The molecule has 5 N–H and O–H groups in total. The normalized spacial score (nSPS) is 15.8. The molecule has 0 spiro atoms. The maximum Gasteiger partial charge on any atom is 0.240 e. The van der Waals surface area contributed by atoms with Gasteiger partial charge < -0.3 is 16.8 Å². The minimum absolute atomic E-state index is 0.372. The van der Waals surface area contributed by atoms with Crippen molar-refractivity contribution in [2.75, 3.05) is 0 Å². The number of nitrogens with two attached hydrogens (primary N) is 2. The molecule has 0 aliphatic heterocycles. The van der Waals surface area contributed by atoms with E-state index in [1.165, 1.54) is 0 Å². The highest BCUT2D eigenvalue weighted by atomic mass is 16.2. The van der Waals surface area contributed by atoms with E-state index in [1.807, 2.05) is 20.8 Å². The van der Waals surface area contributed by atoms with Crippen molar-refractivity contribution in [3.05, 3.63) is 0 Å². The monoisotopic (exact) mass is 201 g/mol. The average molecular weight is 201 g/mol. The summed E-state index contributed by atoms with van der Waals surface area (Å²) in [5, 5.41) is 2.52. The van der Waals surface area contributed by atoms with Crippen molar-refractivity contribution in [3.63, 3.8) is 0 Å². The summed E-state index contributed by atoms with van der Waals surface area (Å²) in [4.78, 5) is 22.3. The van der Waals surface area contributed by atoms with E-state index < -0.39 is 23.4 Å². The van der Waals surface area contributed by atoms with Crippen molar-refractivity contribution in [1.82, 2.24) is 5.32 Å². The van der Waals surface area contributed by atoms with E-state index in [4.69, 9.17) is 11.5 Å². The fourth-order valence-corrected chi connectivity index (χ4v) is 0.988. The van der Waals surface area contributed by atoms with Crippen LogP contribution in [-0.4, -0.2) is 23.9 Å². The molecule has 0 rings (SSSR count). The van der Waals surface area contributed by atoms with Gasteiger partial charge in [0.1, 0.15) is 6.04 Å². The van der Waals surface area contributed by atoms with Crippen LogP contribution in [0.3, 0.4) is 0 Å². The third-order valence-electron chi connectivity index (χ3n) is 1.85. The summed E-state index contributed by atoms with van der Waals surface area (Å²) in [5.41, 5.74) is 10.1. The van der Waals surface area contributed by atoms with Gasteiger partial charge in [-0.25, -0.2) is 0 Å². The zero-order chi connectivity index (χ0) is 11.5. The topological polar surface area (TPSA) is 98.2 Å². The molecule has 0 aliphatic carbocycles. The second kappa shape index (κ2) is 4.41. The maximum atomic E-state index is 11.3. The molecule has 0 bridgehead atoms. The molecule has 1 unspecified atom stereocenters. The largest absolute Gasteiger partial charge is 0.368 e. The van der Waals surface area contributed by atoms with Gasteiger partial charge in [0.25, 0.3) is 0 Å². The number of amides is 2. The number of hydrogen-bond acceptors (Lipinski definition) is 3. The second-order valence-corrected chi connectivity index (χ2v) is 4.50. The van der Waals surface area contributed by atoms with E-state index in [-0.39, 0.29) is 5.91 Å².